The van der Waals surface area contributed by atoms with Gasteiger partial charge in [0.05, 0.1) is 5.57 Å². The van der Waals surface area contributed by atoms with Gasteiger partial charge < -0.3 is 14.9 Å². The molecule has 3 rings (SSSR count). The van der Waals surface area contributed by atoms with Crippen molar-refractivity contribution in [2.24, 2.45) is 0 Å². The number of aliphatic hydroxyl groups excluding tert-OH is 2. The number of Topliss-reactive ketones (excluding diaryl/α,β-unsaturated/α-hetero) is 2. The van der Waals surface area contributed by atoms with Gasteiger partial charge in [-0.3, -0.25) is 9.59 Å². The Kier molecular flexibility index (Phi) is 10.1. The summed E-state index contributed by atoms with van der Waals surface area (Å²) in [6, 6.07) is 16.4. The van der Waals surface area contributed by atoms with E-state index in [0.717, 1.165) is 19.3 Å². The quantitative estimate of drug-likeness (QED) is 0.215. The topological polar surface area (TPSA) is 83.8 Å². The first kappa shape index (κ1) is 26.3. The number of hydrogen-bond donors (Lipinski definition) is 2. The molecule has 2 aromatic rings. The third-order valence-electron chi connectivity index (χ3n) is 6.34. The number of allylic oxidation sites excluding steroid dienone is 2. The molecule has 0 aromatic heterocycles. The Balaban J connectivity index is 1.56. The van der Waals surface area contributed by atoms with Crippen molar-refractivity contribution in [3.8, 4) is 11.5 Å². The lowest BCUT2D eigenvalue weighted by Crippen LogP contribution is -2.25. The molecule has 0 unspecified atom stereocenters. The second-order valence-electron chi connectivity index (χ2n) is 9.13. The number of carbonyl (C=O) groups excluding carboxylic acids is 2. The molecule has 0 amide bonds. The van der Waals surface area contributed by atoms with Crippen LogP contribution in [0.3, 0.4) is 0 Å². The van der Waals surface area contributed by atoms with E-state index in [1.54, 1.807) is 24.3 Å². The minimum absolute atomic E-state index is 0.0256. The Bertz CT molecular complexity index is 1070. The predicted octanol–water partition coefficient (Wildman–Crippen LogP) is 7.72. The van der Waals surface area contributed by atoms with Gasteiger partial charge in [0.15, 0.2) is 11.5 Å². The maximum Gasteiger partial charge on any atom is 0.227 e. The fraction of sp³-hybridized carbons (Fsp3) is 0.400. The lowest BCUT2D eigenvalue weighted by Gasteiger charge is -2.18. The smallest absolute Gasteiger partial charge is 0.227 e. The fourth-order valence-corrected chi connectivity index (χ4v) is 4.33. The highest BCUT2D eigenvalue weighted by Gasteiger charge is 2.34. The summed E-state index contributed by atoms with van der Waals surface area (Å²) in [5, 5.41) is 21.0. The number of unbranched alkanes of at least 4 members (excludes halogenated alkanes) is 8. The van der Waals surface area contributed by atoms with Crippen molar-refractivity contribution in [3.63, 3.8) is 0 Å². The van der Waals surface area contributed by atoms with E-state index in [1.807, 2.05) is 30.3 Å². The predicted molar refractivity (Wildman–Crippen MR) is 138 cm³/mol. The third kappa shape index (κ3) is 7.57. The molecule has 1 aliphatic rings. The van der Waals surface area contributed by atoms with Gasteiger partial charge in [0.1, 0.15) is 11.5 Å². The van der Waals surface area contributed by atoms with Gasteiger partial charge >= 0.3 is 0 Å². The van der Waals surface area contributed by atoms with Crippen LogP contribution in [0.15, 0.2) is 77.3 Å². The molecule has 0 radical (unpaired) electrons. The monoisotopic (exact) mass is 476 g/mol. The molecule has 0 heterocycles. The first-order valence-electron chi connectivity index (χ1n) is 12.8. The second kappa shape index (κ2) is 13.5. The van der Waals surface area contributed by atoms with Crippen LogP contribution >= 0.6 is 0 Å². The van der Waals surface area contributed by atoms with Gasteiger partial charge in [0.25, 0.3) is 0 Å². The van der Waals surface area contributed by atoms with E-state index < -0.39 is 23.1 Å². The lowest BCUT2D eigenvalue weighted by molar-refractivity contribution is -0.120. The molecule has 5 heteroatoms. The molecule has 5 nitrogen and oxygen atoms in total. The van der Waals surface area contributed by atoms with Gasteiger partial charge in [0, 0.05) is 12.0 Å². The molecule has 0 saturated heterocycles. The van der Waals surface area contributed by atoms with E-state index in [1.165, 1.54) is 32.1 Å². The van der Waals surface area contributed by atoms with Gasteiger partial charge in [-0.1, -0.05) is 88.6 Å². The first-order chi connectivity index (χ1) is 17.0. The molecule has 0 bridgehead atoms. The van der Waals surface area contributed by atoms with Crippen molar-refractivity contribution >= 4 is 11.6 Å². The molecule has 2 N–H and O–H groups in total. The largest absolute Gasteiger partial charge is 0.504 e. The van der Waals surface area contributed by atoms with Crippen LogP contribution in [0.1, 0.15) is 76.7 Å². The highest BCUT2D eigenvalue weighted by Crippen LogP contribution is 2.29. The summed E-state index contributed by atoms with van der Waals surface area (Å²) in [7, 11) is 0. The Morgan fingerprint density at radius 1 is 0.657 bits per heavy atom. The maximum absolute atomic E-state index is 12.8. The van der Waals surface area contributed by atoms with Gasteiger partial charge in [-0.2, -0.15) is 0 Å². The molecular formula is C30H36O5. The second-order valence-corrected chi connectivity index (χ2v) is 9.13. The number of ether oxygens (including phenoxy) is 1. The third-order valence-corrected chi connectivity index (χ3v) is 6.34. The molecule has 1 aliphatic carbocycles. The zero-order chi connectivity index (χ0) is 25.0. The molecule has 0 spiro atoms. The van der Waals surface area contributed by atoms with Crippen LogP contribution < -0.4 is 4.74 Å². The summed E-state index contributed by atoms with van der Waals surface area (Å²) in [4.78, 5) is 25.6. The van der Waals surface area contributed by atoms with Crippen LogP contribution in [0.2, 0.25) is 0 Å². The number of benzene rings is 2. The van der Waals surface area contributed by atoms with E-state index in [4.69, 9.17) is 4.74 Å². The highest BCUT2D eigenvalue weighted by molar-refractivity contribution is 6.23. The number of rotatable bonds is 14. The van der Waals surface area contributed by atoms with Crippen LogP contribution in [-0.2, 0) is 16.0 Å². The van der Waals surface area contributed by atoms with E-state index in [9.17, 15) is 19.8 Å². The minimum atomic E-state index is -0.678. The van der Waals surface area contributed by atoms with Gasteiger partial charge in [-0.05, 0) is 42.7 Å². The SMILES string of the molecule is CCCCCCCCCCCC1=C(O)C(=O)C(Cc2cccc(Oc3ccccc3)c2)=C(O)C1=O. The average molecular weight is 477 g/mol. The van der Waals surface area contributed by atoms with Crippen LogP contribution in [0.5, 0.6) is 11.5 Å². The highest BCUT2D eigenvalue weighted by atomic mass is 16.5. The summed E-state index contributed by atoms with van der Waals surface area (Å²) in [5.74, 6) is -1.16. The maximum atomic E-state index is 12.8. The van der Waals surface area contributed by atoms with Crippen molar-refractivity contribution in [1.29, 1.82) is 0 Å². The Morgan fingerprint density at radius 3 is 1.91 bits per heavy atom. The number of aliphatic hydroxyl groups is 2. The molecule has 0 atom stereocenters. The van der Waals surface area contributed by atoms with Gasteiger partial charge in [-0.15, -0.1) is 0 Å². The number of carbonyl (C=O) groups is 2. The van der Waals surface area contributed by atoms with E-state index in [-0.39, 0.29) is 17.6 Å². The average Bonchev–Trinajstić information content (AvgIpc) is 2.87. The molecular weight excluding hydrogens is 440 g/mol. The summed E-state index contributed by atoms with van der Waals surface area (Å²) in [6.45, 7) is 2.21. The minimum Gasteiger partial charge on any atom is -0.504 e. The van der Waals surface area contributed by atoms with Gasteiger partial charge in [-0.25, -0.2) is 0 Å². The number of hydrogen-bond acceptors (Lipinski definition) is 5. The molecule has 0 fully saturated rings. The zero-order valence-corrected chi connectivity index (χ0v) is 20.6. The van der Waals surface area contributed by atoms with Gasteiger partial charge in [0.2, 0.25) is 11.6 Å². The van der Waals surface area contributed by atoms with Crippen molar-refractivity contribution in [2.45, 2.75) is 77.6 Å². The molecule has 0 saturated carbocycles. The van der Waals surface area contributed by atoms with Crippen molar-refractivity contribution < 1.29 is 24.5 Å². The standard InChI is InChI=1S/C30H36O5/c1-2-3-4-5-6-7-8-9-13-19-25-27(31)29(33)26(30(34)28(25)32)21-22-15-14-18-24(20-22)35-23-16-11-10-12-17-23/h10-12,14-18,20,31,34H,2-9,13,19,21H2,1H3. The summed E-state index contributed by atoms with van der Waals surface area (Å²) in [6.07, 6.45) is 10.5. The fourth-order valence-electron chi connectivity index (χ4n) is 4.33. The van der Waals surface area contributed by atoms with Crippen molar-refractivity contribution in [1.82, 2.24) is 0 Å². The molecule has 35 heavy (non-hydrogen) atoms. The summed E-state index contributed by atoms with van der Waals surface area (Å²) < 4.78 is 5.83. The van der Waals surface area contributed by atoms with E-state index in [2.05, 4.69) is 6.92 Å². The number of ketones is 2. The molecule has 2 aromatic carbocycles. The zero-order valence-electron chi connectivity index (χ0n) is 20.6. The van der Waals surface area contributed by atoms with Crippen LogP contribution in [0.25, 0.3) is 0 Å². The van der Waals surface area contributed by atoms with Crippen molar-refractivity contribution in [3.05, 3.63) is 82.8 Å². The van der Waals surface area contributed by atoms with E-state index in [0.29, 0.717) is 29.9 Å². The Morgan fingerprint density at radius 2 is 1.23 bits per heavy atom. The Labute approximate surface area is 208 Å². The Hall–Kier alpha value is -3.34. The lowest BCUT2D eigenvalue weighted by atomic mass is 9.87. The molecule has 186 valence electrons. The summed E-state index contributed by atoms with van der Waals surface area (Å²) >= 11 is 0. The van der Waals surface area contributed by atoms with Crippen LogP contribution in [-0.4, -0.2) is 21.8 Å². The van der Waals surface area contributed by atoms with Crippen LogP contribution in [0.4, 0.5) is 0 Å². The number of para-hydroxylation sites is 1. The first-order valence-corrected chi connectivity index (χ1v) is 12.8. The molecule has 0 aliphatic heterocycles. The van der Waals surface area contributed by atoms with Crippen LogP contribution in [0, 0.1) is 0 Å². The van der Waals surface area contributed by atoms with Crippen molar-refractivity contribution in [2.75, 3.05) is 0 Å². The van der Waals surface area contributed by atoms with E-state index >= 15 is 0 Å². The summed E-state index contributed by atoms with van der Waals surface area (Å²) in [5.41, 5.74) is 0.636. The normalized spacial score (nSPS) is 14.1.